The maximum Gasteiger partial charge on any atom is 0.284 e. The van der Waals surface area contributed by atoms with Gasteiger partial charge in [0.2, 0.25) is 16.7 Å². The number of rotatable bonds is 4. The molecule has 0 saturated carbocycles. The third-order valence-electron chi connectivity index (χ3n) is 3.12. The smallest absolute Gasteiger partial charge is 0.284 e. The maximum atomic E-state index is 13.6. The Kier molecular flexibility index (Phi) is 4.28. The molecule has 0 fully saturated rings. The van der Waals surface area contributed by atoms with E-state index in [-0.39, 0.29) is 11.4 Å². The number of nitrogens with one attached hydrogen (secondary N) is 1. The first-order valence-electron chi connectivity index (χ1n) is 6.95. The third-order valence-corrected chi connectivity index (χ3v) is 4.38. The number of nitrogens with zero attached hydrogens (tertiary/aromatic N) is 3. The molecule has 1 aromatic carbocycles. The van der Waals surface area contributed by atoms with Gasteiger partial charge in [0.05, 0.1) is 0 Å². The Morgan fingerprint density at radius 3 is 2.72 bits per heavy atom. The summed E-state index contributed by atoms with van der Waals surface area (Å²) < 4.78 is 44.5. The summed E-state index contributed by atoms with van der Waals surface area (Å²) in [4.78, 5) is 19.7. The van der Waals surface area contributed by atoms with Gasteiger partial charge in [-0.3, -0.25) is 4.79 Å². The standard InChI is InChI=1S/C15H11FN4O4S/c1-9-18-13(19-24-9)10-4-2-5-11(8-10)14(21)20-25(22,23)15-12(16)6-3-7-17-15/h2-8H,1H3,(H,20,21). The number of carbonyl (C=O) groups excluding carboxylic acids is 1. The van der Waals surface area contributed by atoms with Crippen molar-refractivity contribution in [3.63, 3.8) is 0 Å². The number of hydrogen-bond acceptors (Lipinski definition) is 7. The van der Waals surface area contributed by atoms with Crippen LogP contribution in [0.25, 0.3) is 11.4 Å². The Bertz CT molecular complexity index is 1050. The van der Waals surface area contributed by atoms with Crippen LogP contribution >= 0.6 is 0 Å². The zero-order chi connectivity index (χ0) is 18.0. The van der Waals surface area contributed by atoms with Crippen molar-refractivity contribution in [2.75, 3.05) is 0 Å². The lowest BCUT2D eigenvalue weighted by Crippen LogP contribution is -2.31. The normalized spacial score (nSPS) is 11.3. The first-order chi connectivity index (χ1) is 11.9. The van der Waals surface area contributed by atoms with Crippen molar-refractivity contribution in [3.8, 4) is 11.4 Å². The highest BCUT2D eigenvalue weighted by Crippen LogP contribution is 2.18. The van der Waals surface area contributed by atoms with Gasteiger partial charge in [0, 0.05) is 24.2 Å². The summed E-state index contributed by atoms with van der Waals surface area (Å²) in [6.45, 7) is 1.61. The molecule has 1 amide bonds. The summed E-state index contributed by atoms with van der Waals surface area (Å²) in [7, 11) is -4.45. The molecule has 3 aromatic rings. The molecule has 10 heteroatoms. The van der Waals surface area contributed by atoms with E-state index >= 15 is 0 Å². The molecule has 1 N–H and O–H groups in total. The number of aryl methyl sites for hydroxylation is 1. The first-order valence-corrected chi connectivity index (χ1v) is 8.43. The molecule has 8 nitrogen and oxygen atoms in total. The van der Waals surface area contributed by atoms with Crippen molar-refractivity contribution in [1.82, 2.24) is 19.8 Å². The lowest BCUT2D eigenvalue weighted by molar-refractivity contribution is 0.0981. The van der Waals surface area contributed by atoms with E-state index in [9.17, 15) is 17.6 Å². The van der Waals surface area contributed by atoms with Crippen molar-refractivity contribution in [3.05, 3.63) is 59.9 Å². The van der Waals surface area contributed by atoms with Gasteiger partial charge in [-0.05, 0) is 24.3 Å². The molecule has 0 aliphatic carbocycles. The zero-order valence-corrected chi connectivity index (χ0v) is 13.6. The van der Waals surface area contributed by atoms with E-state index in [4.69, 9.17) is 4.52 Å². The first kappa shape index (κ1) is 16.7. The average molecular weight is 362 g/mol. The van der Waals surface area contributed by atoms with Gasteiger partial charge < -0.3 is 4.52 Å². The van der Waals surface area contributed by atoms with Crippen LogP contribution in [0.4, 0.5) is 4.39 Å². The Morgan fingerprint density at radius 2 is 2.04 bits per heavy atom. The van der Waals surface area contributed by atoms with Gasteiger partial charge in [-0.15, -0.1) is 0 Å². The van der Waals surface area contributed by atoms with Crippen LogP contribution in [0.1, 0.15) is 16.2 Å². The van der Waals surface area contributed by atoms with Crippen molar-refractivity contribution in [2.24, 2.45) is 0 Å². The van der Waals surface area contributed by atoms with Crippen molar-refractivity contribution >= 4 is 15.9 Å². The number of aromatic nitrogens is 3. The van der Waals surface area contributed by atoms with E-state index in [2.05, 4.69) is 15.1 Å². The highest BCUT2D eigenvalue weighted by Gasteiger charge is 2.24. The molecule has 0 aliphatic heterocycles. The molecule has 2 heterocycles. The SMILES string of the molecule is Cc1nc(-c2cccc(C(=O)NS(=O)(=O)c3ncccc3F)c2)no1. The maximum absolute atomic E-state index is 13.6. The summed E-state index contributed by atoms with van der Waals surface area (Å²) in [5.41, 5.74) is 0.491. The summed E-state index contributed by atoms with van der Waals surface area (Å²) >= 11 is 0. The predicted octanol–water partition coefficient (Wildman–Crippen LogP) is 1.70. The van der Waals surface area contributed by atoms with Crippen LogP contribution in [0.2, 0.25) is 0 Å². The van der Waals surface area contributed by atoms with Crippen LogP contribution < -0.4 is 4.72 Å². The van der Waals surface area contributed by atoms with Crippen LogP contribution in [0.5, 0.6) is 0 Å². The highest BCUT2D eigenvalue weighted by atomic mass is 32.2. The monoisotopic (exact) mass is 362 g/mol. The van der Waals surface area contributed by atoms with Gasteiger partial charge in [0.25, 0.3) is 15.9 Å². The van der Waals surface area contributed by atoms with Gasteiger partial charge >= 0.3 is 0 Å². The number of pyridine rings is 1. The van der Waals surface area contributed by atoms with Crippen LogP contribution in [0.15, 0.2) is 52.1 Å². The van der Waals surface area contributed by atoms with E-state index in [0.29, 0.717) is 11.5 Å². The summed E-state index contributed by atoms with van der Waals surface area (Å²) in [5, 5.41) is 2.87. The zero-order valence-electron chi connectivity index (χ0n) is 12.8. The molecule has 0 bridgehead atoms. The van der Waals surface area contributed by atoms with Crippen molar-refractivity contribution < 1.29 is 22.1 Å². The van der Waals surface area contributed by atoms with E-state index in [0.717, 1.165) is 12.3 Å². The summed E-state index contributed by atoms with van der Waals surface area (Å²) in [6.07, 6.45) is 1.11. The highest BCUT2D eigenvalue weighted by molar-refractivity contribution is 7.90. The minimum atomic E-state index is -4.45. The number of amides is 1. The number of halogens is 1. The van der Waals surface area contributed by atoms with Gasteiger partial charge in [-0.2, -0.15) is 13.4 Å². The number of carbonyl (C=O) groups is 1. The van der Waals surface area contributed by atoms with Gasteiger partial charge in [0.1, 0.15) is 0 Å². The average Bonchev–Trinajstić information content (AvgIpc) is 3.01. The fraction of sp³-hybridized carbons (Fsp3) is 0.0667. The van der Waals surface area contributed by atoms with E-state index in [1.165, 1.54) is 24.3 Å². The molecular formula is C15H11FN4O4S. The van der Waals surface area contributed by atoms with Crippen LogP contribution in [0, 0.1) is 12.7 Å². The fourth-order valence-electron chi connectivity index (χ4n) is 2.01. The Morgan fingerprint density at radius 1 is 1.24 bits per heavy atom. The quantitative estimate of drug-likeness (QED) is 0.751. The second-order valence-corrected chi connectivity index (χ2v) is 6.54. The van der Waals surface area contributed by atoms with E-state index in [1.807, 2.05) is 0 Å². The molecule has 0 spiro atoms. The van der Waals surface area contributed by atoms with E-state index in [1.54, 1.807) is 17.7 Å². The summed E-state index contributed by atoms with van der Waals surface area (Å²) in [6, 6.07) is 8.13. The Labute approximate surface area is 141 Å². The minimum absolute atomic E-state index is 0.0277. The minimum Gasteiger partial charge on any atom is -0.339 e. The lowest BCUT2D eigenvalue weighted by Gasteiger charge is -2.07. The molecule has 128 valence electrons. The molecule has 2 aromatic heterocycles. The molecule has 0 atom stereocenters. The largest absolute Gasteiger partial charge is 0.339 e. The molecule has 0 radical (unpaired) electrons. The Hall–Kier alpha value is -3.14. The fourth-order valence-corrected chi connectivity index (χ4v) is 3.00. The number of benzene rings is 1. The molecule has 0 saturated heterocycles. The molecule has 0 aliphatic rings. The molecular weight excluding hydrogens is 351 g/mol. The Balaban J connectivity index is 1.88. The molecule has 0 unspecified atom stereocenters. The van der Waals surface area contributed by atoms with Gasteiger partial charge in [0.15, 0.2) is 5.82 Å². The van der Waals surface area contributed by atoms with Crippen LogP contribution in [-0.2, 0) is 10.0 Å². The van der Waals surface area contributed by atoms with Gasteiger partial charge in [-0.1, -0.05) is 17.3 Å². The molecule has 25 heavy (non-hydrogen) atoms. The predicted molar refractivity (Wildman–Crippen MR) is 83.3 cm³/mol. The second kappa shape index (κ2) is 6.40. The van der Waals surface area contributed by atoms with Crippen LogP contribution in [-0.4, -0.2) is 29.4 Å². The number of sulfonamides is 1. The van der Waals surface area contributed by atoms with E-state index < -0.39 is 26.8 Å². The van der Waals surface area contributed by atoms with Gasteiger partial charge in [-0.25, -0.2) is 14.1 Å². The molecule has 3 rings (SSSR count). The topological polar surface area (TPSA) is 115 Å². The summed E-state index contributed by atoms with van der Waals surface area (Å²) in [5.74, 6) is -1.39. The third kappa shape index (κ3) is 3.53. The van der Waals surface area contributed by atoms with Crippen molar-refractivity contribution in [1.29, 1.82) is 0 Å². The van der Waals surface area contributed by atoms with Crippen molar-refractivity contribution in [2.45, 2.75) is 11.9 Å². The van der Waals surface area contributed by atoms with Crippen LogP contribution in [0.3, 0.4) is 0 Å². The second-order valence-electron chi connectivity index (χ2n) is 4.94. The number of hydrogen-bond donors (Lipinski definition) is 1. The lowest BCUT2D eigenvalue weighted by atomic mass is 10.1.